The second-order valence-electron chi connectivity index (χ2n) is 6.36. The first kappa shape index (κ1) is 19.9. The van der Waals surface area contributed by atoms with Crippen LogP contribution in [-0.2, 0) is 16.6 Å². The van der Waals surface area contributed by atoms with E-state index in [0.717, 1.165) is 16.8 Å². The van der Waals surface area contributed by atoms with Crippen LogP contribution in [0.4, 0.5) is 5.69 Å². The smallest absolute Gasteiger partial charge is 0.251 e. The van der Waals surface area contributed by atoms with E-state index in [1.807, 2.05) is 32.9 Å². The second-order valence-corrected chi connectivity index (χ2v) is 8.25. The van der Waals surface area contributed by atoms with Crippen LogP contribution in [0.3, 0.4) is 0 Å². The summed E-state index contributed by atoms with van der Waals surface area (Å²) in [4.78, 5) is 12.3. The van der Waals surface area contributed by atoms with Gasteiger partial charge in [0.05, 0.1) is 4.90 Å². The molecule has 0 bridgehead atoms. The average Bonchev–Trinajstić information content (AvgIpc) is 2.60. The number of aryl methyl sites for hydroxylation is 1. The first-order chi connectivity index (χ1) is 12.2. The van der Waals surface area contributed by atoms with Crippen LogP contribution in [0.25, 0.3) is 0 Å². The van der Waals surface area contributed by atoms with Gasteiger partial charge in [0.1, 0.15) is 0 Å². The number of hydrogen-bond acceptors (Lipinski definition) is 4. The largest absolute Gasteiger partial charge is 0.381 e. The fourth-order valence-corrected chi connectivity index (χ4v) is 3.18. The van der Waals surface area contributed by atoms with Gasteiger partial charge in [-0.1, -0.05) is 12.1 Å². The molecule has 0 aliphatic rings. The summed E-state index contributed by atoms with van der Waals surface area (Å²) >= 11 is 0. The molecular formula is C19H25N3O3S. The van der Waals surface area contributed by atoms with E-state index in [9.17, 15) is 13.2 Å². The van der Waals surface area contributed by atoms with Crippen molar-refractivity contribution in [3.05, 3.63) is 59.2 Å². The molecule has 26 heavy (non-hydrogen) atoms. The third-order valence-electron chi connectivity index (χ3n) is 3.89. The molecule has 0 atom stereocenters. The Bertz CT molecular complexity index is 875. The molecule has 1 amide bonds. The lowest BCUT2D eigenvalue weighted by Gasteiger charge is -2.13. The lowest BCUT2D eigenvalue weighted by Crippen LogP contribution is -2.30. The van der Waals surface area contributed by atoms with Crippen LogP contribution in [0.2, 0.25) is 0 Å². The first-order valence-electron chi connectivity index (χ1n) is 8.41. The molecular weight excluding hydrogens is 350 g/mol. The minimum absolute atomic E-state index is 0.0871. The maximum atomic E-state index is 12.0. The molecule has 0 aromatic heterocycles. The van der Waals surface area contributed by atoms with Crippen molar-refractivity contribution in [3.63, 3.8) is 0 Å². The predicted octanol–water partition coefficient (Wildman–Crippen LogP) is 2.65. The normalized spacial score (nSPS) is 11.4. The summed E-state index contributed by atoms with van der Waals surface area (Å²) in [5.74, 6) is -0.0871. The summed E-state index contributed by atoms with van der Waals surface area (Å²) in [6.07, 6.45) is 0. The van der Waals surface area contributed by atoms with Crippen molar-refractivity contribution in [1.29, 1.82) is 0 Å². The summed E-state index contributed by atoms with van der Waals surface area (Å²) in [5.41, 5.74) is 3.48. The van der Waals surface area contributed by atoms with E-state index in [1.165, 1.54) is 7.05 Å². The summed E-state index contributed by atoms with van der Waals surface area (Å²) in [6, 6.07) is 12.3. The second kappa shape index (κ2) is 8.33. The van der Waals surface area contributed by atoms with E-state index >= 15 is 0 Å². The fourth-order valence-electron chi connectivity index (χ4n) is 2.45. The molecule has 0 fully saturated rings. The Labute approximate surface area is 155 Å². The van der Waals surface area contributed by atoms with Crippen molar-refractivity contribution in [2.45, 2.75) is 38.3 Å². The van der Waals surface area contributed by atoms with Gasteiger partial charge in [-0.3, -0.25) is 4.79 Å². The Morgan fingerprint density at radius 2 is 1.73 bits per heavy atom. The quantitative estimate of drug-likeness (QED) is 0.694. The number of sulfonamides is 1. The minimum atomic E-state index is -3.42. The van der Waals surface area contributed by atoms with Gasteiger partial charge in [0.25, 0.3) is 5.91 Å². The number of carbonyl (C=O) groups is 1. The highest BCUT2D eigenvalue weighted by Gasteiger charge is 2.11. The molecule has 0 saturated carbocycles. The number of rotatable bonds is 7. The number of anilines is 1. The van der Waals surface area contributed by atoms with Crippen LogP contribution in [0.1, 0.15) is 35.3 Å². The average molecular weight is 375 g/mol. The van der Waals surface area contributed by atoms with E-state index < -0.39 is 10.0 Å². The Morgan fingerprint density at radius 1 is 1.08 bits per heavy atom. The zero-order valence-corrected chi connectivity index (χ0v) is 16.3. The molecule has 6 nitrogen and oxygen atoms in total. The zero-order chi connectivity index (χ0) is 19.3. The fraction of sp³-hybridized carbons (Fsp3) is 0.316. The van der Waals surface area contributed by atoms with E-state index in [-0.39, 0.29) is 16.8 Å². The highest BCUT2D eigenvalue weighted by molar-refractivity contribution is 7.89. The number of carbonyl (C=O) groups excluding carboxylic acids is 1. The molecule has 2 aromatic rings. The Kier molecular flexibility index (Phi) is 6.39. The molecule has 0 aliphatic heterocycles. The van der Waals surface area contributed by atoms with Crippen molar-refractivity contribution in [3.8, 4) is 0 Å². The maximum absolute atomic E-state index is 12.0. The van der Waals surface area contributed by atoms with E-state index in [2.05, 4.69) is 15.4 Å². The number of benzene rings is 2. The van der Waals surface area contributed by atoms with Crippen LogP contribution in [-0.4, -0.2) is 27.4 Å². The van der Waals surface area contributed by atoms with Crippen LogP contribution in [0.5, 0.6) is 0 Å². The molecule has 0 spiro atoms. The molecule has 3 N–H and O–H groups in total. The molecule has 0 radical (unpaired) electrons. The third-order valence-corrected chi connectivity index (χ3v) is 5.32. The van der Waals surface area contributed by atoms with Crippen LogP contribution in [0, 0.1) is 6.92 Å². The van der Waals surface area contributed by atoms with Gasteiger partial charge in [0.15, 0.2) is 0 Å². The lowest BCUT2D eigenvalue weighted by atomic mass is 10.1. The zero-order valence-electron chi connectivity index (χ0n) is 15.5. The molecule has 0 unspecified atom stereocenters. The minimum Gasteiger partial charge on any atom is -0.381 e. The van der Waals surface area contributed by atoms with Gasteiger partial charge >= 0.3 is 0 Å². The maximum Gasteiger partial charge on any atom is 0.251 e. The Balaban J connectivity index is 2.04. The molecule has 7 heteroatoms. The predicted molar refractivity (Wildman–Crippen MR) is 104 cm³/mol. The SMILES string of the molecule is CNS(=O)(=O)c1ccc(CNc2ccc(C(=O)NC(C)C)cc2C)cc1. The van der Waals surface area contributed by atoms with Crippen molar-refractivity contribution in [2.24, 2.45) is 0 Å². The molecule has 0 heterocycles. The standard InChI is InChI=1S/C19H25N3O3S/c1-13(2)22-19(23)16-7-10-18(14(3)11-16)21-12-15-5-8-17(9-6-15)26(24,25)20-4/h5-11,13,20-21H,12H2,1-4H3,(H,22,23). The molecule has 0 saturated heterocycles. The van der Waals surface area contributed by atoms with E-state index in [4.69, 9.17) is 0 Å². The van der Waals surface area contributed by atoms with Gasteiger partial charge in [-0.05, 0) is 69.3 Å². The summed E-state index contributed by atoms with van der Waals surface area (Å²) in [7, 11) is -2.03. The molecule has 2 rings (SSSR count). The van der Waals surface area contributed by atoms with Gasteiger partial charge < -0.3 is 10.6 Å². The van der Waals surface area contributed by atoms with Crippen LogP contribution in [0.15, 0.2) is 47.4 Å². The summed E-state index contributed by atoms with van der Waals surface area (Å²) < 4.78 is 25.8. The topological polar surface area (TPSA) is 87.3 Å². The van der Waals surface area contributed by atoms with Gasteiger partial charge in [-0.25, -0.2) is 13.1 Å². The van der Waals surface area contributed by atoms with Crippen molar-refractivity contribution in [1.82, 2.24) is 10.0 Å². The third kappa shape index (κ3) is 5.06. The van der Waals surface area contributed by atoms with Crippen molar-refractivity contribution in [2.75, 3.05) is 12.4 Å². The van der Waals surface area contributed by atoms with Crippen LogP contribution < -0.4 is 15.4 Å². The molecule has 140 valence electrons. The van der Waals surface area contributed by atoms with Gasteiger partial charge in [-0.15, -0.1) is 0 Å². The number of amides is 1. The summed E-state index contributed by atoms with van der Waals surface area (Å²) in [6.45, 7) is 6.34. The highest BCUT2D eigenvalue weighted by atomic mass is 32.2. The van der Waals surface area contributed by atoms with E-state index in [0.29, 0.717) is 12.1 Å². The number of hydrogen-bond donors (Lipinski definition) is 3. The molecule has 2 aromatic carbocycles. The summed E-state index contributed by atoms with van der Waals surface area (Å²) in [5, 5.41) is 6.18. The molecule has 0 aliphatic carbocycles. The van der Waals surface area contributed by atoms with Gasteiger partial charge in [-0.2, -0.15) is 0 Å². The Hall–Kier alpha value is -2.38. The Morgan fingerprint density at radius 3 is 2.27 bits per heavy atom. The van der Waals surface area contributed by atoms with Crippen molar-refractivity contribution < 1.29 is 13.2 Å². The van der Waals surface area contributed by atoms with Crippen molar-refractivity contribution >= 4 is 21.6 Å². The van der Waals surface area contributed by atoms with Crippen LogP contribution >= 0.6 is 0 Å². The van der Waals surface area contributed by atoms with Gasteiger partial charge in [0, 0.05) is 23.8 Å². The monoisotopic (exact) mass is 375 g/mol. The van der Waals surface area contributed by atoms with Gasteiger partial charge in [0.2, 0.25) is 10.0 Å². The van der Waals surface area contributed by atoms with E-state index in [1.54, 1.807) is 30.3 Å². The lowest BCUT2D eigenvalue weighted by molar-refractivity contribution is 0.0943. The first-order valence-corrected chi connectivity index (χ1v) is 9.89. The number of nitrogens with one attached hydrogen (secondary N) is 3. The highest BCUT2D eigenvalue weighted by Crippen LogP contribution is 2.18.